The van der Waals surface area contributed by atoms with Gasteiger partial charge in [0, 0.05) is 6.54 Å². The van der Waals surface area contributed by atoms with Gasteiger partial charge in [-0.25, -0.2) is 4.79 Å². The molecule has 1 saturated heterocycles. The van der Waals surface area contributed by atoms with Crippen molar-refractivity contribution in [3.8, 4) is 0 Å². The molecule has 1 rings (SSSR count). The van der Waals surface area contributed by atoms with Crippen molar-refractivity contribution in [2.24, 2.45) is 17.4 Å². The molecular weight excluding hydrogens is 688 g/mol. The van der Waals surface area contributed by atoms with Crippen LogP contribution < -0.4 is 38.1 Å². The van der Waals surface area contributed by atoms with Gasteiger partial charge in [0.15, 0.2) is 0 Å². The number of carbonyl (C=O) groups excluding carboxylic acids is 6. The Hall–Kier alpha value is -3.52. The van der Waals surface area contributed by atoms with Gasteiger partial charge in [-0.3, -0.25) is 28.8 Å². The van der Waals surface area contributed by atoms with E-state index in [1.807, 2.05) is 6.26 Å². The Morgan fingerprint density at radius 3 is 2.04 bits per heavy atom. The molecule has 0 spiro atoms. The lowest BCUT2D eigenvalue weighted by Crippen LogP contribution is -2.60. The molecule has 9 atom stereocenters. The van der Waals surface area contributed by atoms with Crippen molar-refractivity contribution in [1.29, 1.82) is 0 Å². The highest BCUT2D eigenvalue weighted by Gasteiger charge is 2.39. The standard InChI is InChI=1S/C32H58N8O10S/c1-6-17(2)25(30(47)37-21(32(49)50)10-7-8-13-33)39-27(44)22(16-41)38-28(45)23-11-9-14-40(23)31(48)18(3)35-26(43)20(12-15-51-5)36-29(46)24(34)19(4)42/h17-25,41-42H,6-16,33-34H2,1-5H3,(H,35,43)(H,36,46)(H,37,47)(H,38,45)(H,39,44)(H,49,50)/t17-,18-,19+,20-,21-,22-,23-,24-,25-/m0/s1. The second kappa shape index (κ2) is 23.1. The van der Waals surface area contributed by atoms with Gasteiger partial charge in [-0.15, -0.1) is 0 Å². The maximum Gasteiger partial charge on any atom is 0.326 e. The summed E-state index contributed by atoms with van der Waals surface area (Å²) in [5, 5.41) is 41.8. The molecule has 0 saturated carbocycles. The number of nitrogens with zero attached hydrogens (tertiary/aromatic N) is 1. The lowest BCUT2D eigenvalue weighted by Gasteiger charge is -2.30. The largest absolute Gasteiger partial charge is 0.480 e. The number of thioether (sulfide) groups is 1. The summed E-state index contributed by atoms with van der Waals surface area (Å²) in [5.41, 5.74) is 11.2. The van der Waals surface area contributed by atoms with Crippen molar-refractivity contribution in [3.05, 3.63) is 0 Å². The van der Waals surface area contributed by atoms with E-state index in [1.165, 1.54) is 30.5 Å². The summed E-state index contributed by atoms with van der Waals surface area (Å²) in [6.45, 7) is 5.94. The van der Waals surface area contributed by atoms with Crippen LogP contribution in [0.5, 0.6) is 0 Å². The molecule has 1 fully saturated rings. The minimum atomic E-state index is -1.50. The van der Waals surface area contributed by atoms with E-state index >= 15 is 0 Å². The molecule has 0 bridgehead atoms. The smallest absolute Gasteiger partial charge is 0.326 e. The van der Waals surface area contributed by atoms with Crippen LogP contribution in [-0.2, 0) is 33.6 Å². The highest BCUT2D eigenvalue weighted by atomic mass is 32.2. The molecule has 0 aromatic rings. The Morgan fingerprint density at radius 1 is 0.863 bits per heavy atom. The number of aliphatic hydroxyl groups excluding tert-OH is 2. The number of rotatable bonds is 23. The maximum absolute atomic E-state index is 13.5. The van der Waals surface area contributed by atoms with Crippen molar-refractivity contribution < 1.29 is 48.9 Å². The van der Waals surface area contributed by atoms with Gasteiger partial charge in [-0.2, -0.15) is 11.8 Å². The van der Waals surface area contributed by atoms with Crippen LogP contribution >= 0.6 is 11.8 Å². The van der Waals surface area contributed by atoms with Crippen molar-refractivity contribution >= 4 is 53.2 Å². The second-order valence-electron chi connectivity index (χ2n) is 12.8. The van der Waals surface area contributed by atoms with Crippen molar-refractivity contribution in [2.45, 2.75) is 121 Å². The number of likely N-dealkylation sites (tertiary alicyclic amines) is 1. The fourth-order valence-corrected chi connectivity index (χ4v) is 5.82. The summed E-state index contributed by atoms with van der Waals surface area (Å²) in [4.78, 5) is 91.8. The van der Waals surface area contributed by atoms with Crippen LogP contribution in [0.15, 0.2) is 0 Å². The molecule has 0 aromatic carbocycles. The molecule has 18 nitrogen and oxygen atoms in total. The second-order valence-corrected chi connectivity index (χ2v) is 13.8. The van der Waals surface area contributed by atoms with Gasteiger partial charge in [0.25, 0.3) is 0 Å². The topological polar surface area (TPSA) is 296 Å². The number of unbranched alkanes of at least 4 members (excludes halogenated alkanes) is 1. The number of hydrogen-bond donors (Lipinski definition) is 10. The van der Waals surface area contributed by atoms with E-state index in [2.05, 4.69) is 26.6 Å². The molecule has 292 valence electrons. The number of amides is 6. The fourth-order valence-electron chi connectivity index (χ4n) is 5.35. The Kier molecular flexibility index (Phi) is 20.6. The zero-order chi connectivity index (χ0) is 38.8. The number of carboxylic acid groups (broad SMARTS) is 1. The van der Waals surface area contributed by atoms with Crippen LogP contribution in [0.4, 0.5) is 0 Å². The molecule has 19 heteroatoms. The third-order valence-electron chi connectivity index (χ3n) is 8.80. The highest BCUT2D eigenvalue weighted by Crippen LogP contribution is 2.19. The molecule has 0 unspecified atom stereocenters. The average molecular weight is 747 g/mol. The molecule has 1 heterocycles. The third-order valence-corrected chi connectivity index (χ3v) is 9.45. The van der Waals surface area contributed by atoms with Crippen LogP contribution in [0.25, 0.3) is 0 Å². The van der Waals surface area contributed by atoms with Crippen molar-refractivity contribution in [3.63, 3.8) is 0 Å². The lowest BCUT2D eigenvalue weighted by molar-refractivity contribution is -0.143. The van der Waals surface area contributed by atoms with Crippen molar-refractivity contribution in [1.82, 2.24) is 31.5 Å². The first-order valence-electron chi connectivity index (χ1n) is 17.3. The first-order valence-corrected chi connectivity index (χ1v) is 18.7. The minimum absolute atomic E-state index is 0.140. The van der Waals surface area contributed by atoms with E-state index in [4.69, 9.17) is 11.5 Å². The van der Waals surface area contributed by atoms with E-state index < -0.39 is 102 Å². The third kappa shape index (κ3) is 14.6. The summed E-state index contributed by atoms with van der Waals surface area (Å²) >= 11 is 1.44. The van der Waals surface area contributed by atoms with E-state index in [0.717, 1.165) is 0 Å². The maximum atomic E-state index is 13.5. The molecule has 6 amide bonds. The Morgan fingerprint density at radius 2 is 1.49 bits per heavy atom. The van der Waals surface area contributed by atoms with Gasteiger partial charge in [-0.1, -0.05) is 20.3 Å². The summed E-state index contributed by atoms with van der Waals surface area (Å²) in [7, 11) is 0. The van der Waals surface area contributed by atoms with Gasteiger partial charge in [-0.05, 0) is 76.8 Å². The number of carbonyl (C=O) groups is 7. The predicted octanol–water partition coefficient (Wildman–Crippen LogP) is -2.87. The zero-order valence-corrected chi connectivity index (χ0v) is 31.0. The number of nitrogens with two attached hydrogens (primary N) is 2. The van der Waals surface area contributed by atoms with E-state index in [0.29, 0.717) is 38.0 Å². The molecule has 1 aliphatic heterocycles. The molecule has 1 aliphatic rings. The molecule has 12 N–H and O–H groups in total. The van der Waals surface area contributed by atoms with Crippen LogP contribution in [-0.4, -0.2) is 142 Å². The number of carboxylic acids is 1. The summed E-state index contributed by atoms with van der Waals surface area (Å²) in [6.07, 6.45) is 3.18. The lowest BCUT2D eigenvalue weighted by atomic mass is 9.97. The van der Waals surface area contributed by atoms with Gasteiger partial charge >= 0.3 is 5.97 Å². The minimum Gasteiger partial charge on any atom is -0.480 e. The monoisotopic (exact) mass is 746 g/mol. The molecule has 51 heavy (non-hydrogen) atoms. The zero-order valence-electron chi connectivity index (χ0n) is 30.2. The summed E-state index contributed by atoms with van der Waals surface area (Å²) < 4.78 is 0. The van der Waals surface area contributed by atoms with E-state index in [-0.39, 0.29) is 25.8 Å². The normalized spacial score (nSPS) is 18.9. The van der Waals surface area contributed by atoms with Crippen LogP contribution in [0.1, 0.15) is 72.6 Å². The quantitative estimate of drug-likeness (QED) is 0.0471. The molecule has 0 aromatic heterocycles. The Bertz CT molecular complexity index is 1190. The van der Waals surface area contributed by atoms with Gasteiger partial charge in [0.1, 0.15) is 42.3 Å². The molecule has 0 radical (unpaired) electrons. The number of hydrogen-bond acceptors (Lipinski definition) is 12. The summed E-state index contributed by atoms with van der Waals surface area (Å²) in [5.74, 6) is -5.50. The number of nitrogens with one attached hydrogen (secondary N) is 5. The van der Waals surface area contributed by atoms with E-state index in [9.17, 15) is 48.9 Å². The van der Waals surface area contributed by atoms with Gasteiger partial charge in [0.2, 0.25) is 35.4 Å². The van der Waals surface area contributed by atoms with Crippen LogP contribution in [0, 0.1) is 5.92 Å². The molecular formula is C32H58N8O10S. The Labute approximate surface area is 303 Å². The fraction of sp³-hybridized carbons (Fsp3) is 0.781. The van der Waals surface area contributed by atoms with Crippen LogP contribution in [0.3, 0.4) is 0 Å². The van der Waals surface area contributed by atoms with Crippen LogP contribution in [0.2, 0.25) is 0 Å². The first kappa shape index (κ1) is 45.5. The van der Waals surface area contributed by atoms with Crippen molar-refractivity contribution in [2.75, 3.05) is 31.7 Å². The first-order chi connectivity index (χ1) is 24.0. The number of aliphatic hydroxyl groups is 2. The molecule has 0 aliphatic carbocycles. The number of aliphatic carboxylic acids is 1. The Balaban J connectivity index is 2.99. The highest BCUT2D eigenvalue weighted by molar-refractivity contribution is 7.98. The van der Waals surface area contributed by atoms with Gasteiger partial charge in [0.05, 0.1) is 12.7 Å². The average Bonchev–Trinajstić information content (AvgIpc) is 3.59. The van der Waals surface area contributed by atoms with Gasteiger partial charge < -0.3 is 58.3 Å². The summed E-state index contributed by atoms with van der Waals surface area (Å²) in [6, 6.07) is -8.33. The van der Waals surface area contributed by atoms with E-state index in [1.54, 1.807) is 13.8 Å². The SMILES string of the molecule is CC[C@H](C)[C@H](NC(=O)[C@H](CO)NC(=O)[C@@H]1CCCN1C(=O)[C@H](C)NC(=O)[C@H](CCSC)NC(=O)[C@@H](N)[C@@H](C)O)C(=O)N[C@@H](CCCCN)C(=O)O. The predicted molar refractivity (Wildman–Crippen MR) is 190 cm³/mol.